The van der Waals surface area contributed by atoms with E-state index in [1.807, 2.05) is 0 Å². The zero-order chi connectivity index (χ0) is 16.3. The van der Waals surface area contributed by atoms with Crippen molar-refractivity contribution in [2.45, 2.75) is 6.18 Å². The van der Waals surface area contributed by atoms with E-state index < -0.39 is 17.6 Å². The molecule has 0 heterocycles. The fourth-order valence-corrected chi connectivity index (χ4v) is 2.37. The molecule has 0 saturated heterocycles. The number of hydrogen-bond donors (Lipinski definition) is 0. The largest absolute Gasteiger partial charge is 0.416 e. The predicted octanol–water partition coefficient (Wildman–Crippen LogP) is 6.63. The van der Waals surface area contributed by atoms with Gasteiger partial charge in [-0.3, -0.25) is 0 Å². The van der Waals surface area contributed by atoms with E-state index in [1.165, 1.54) is 24.3 Å². The van der Waals surface area contributed by atoms with Gasteiger partial charge in [0, 0.05) is 10.0 Å². The molecule has 114 valence electrons. The third kappa shape index (κ3) is 3.65. The molecular formula is C17H11BrF4. The van der Waals surface area contributed by atoms with Gasteiger partial charge >= 0.3 is 6.18 Å². The van der Waals surface area contributed by atoms with Crippen LogP contribution in [0.25, 0.3) is 17.0 Å². The van der Waals surface area contributed by atoms with Crippen LogP contribution in [0.2, 0.25) is 0 Å². The molecule has 0 aliphatic rings. The molecule has 2 aromatic rings. The minimum Gasteiger partial charge on any atom is -0.206 e. The van der Waals surface area contributed by atoms with Crippen molar-refractivity contribution in [2.75, 3.05) is 0 Å². The Labute approximate surface area is 133 Å². The zero-order valence-electron chi connectivity index (χ0n) is 11.3. The Balaban J connectivity index is 2.43. The minimum atomic E-state index is -4.37. The van der Waals surface area contributed by atoms with E-state index in [9.17, 15) is 17.6 Å². The SMILES string of the molecule is C=C/C=C(\F)c1cc(-c2ccc(C(F)(F)F)cc2)ccc1Br. The van der Waals surface area contributed by atoms with Gasteiger partial charge in [-0.05, 0) is 41.5 Å². The van der Waals surface area contributed by atoms with Crippen molar-refractivity contribution in [2.24, 2.45) is 0 Å². The molecular weight excluding hydrogens is 360 g/mol. The first-order valence-electron chi connectivity index (χ1n) is 6.28. The standard InChI is InChI=1S/C17H11BrF4/c1-2-3-16(19)14-10-12(6-9-15(14)18)11-4-7-13(8-5-11)17(20,21)22/h2-10H,1H2/b16-3-. The van der Waals surface area contributed by atoms with Crippen LogP contribution in [0.4, 0.5) is 17.6 Å². The molecule has 0 nitrogen and oxygen atoms in total. The molecule has 0 saturated carbocycles. The molecule has 5 heteroatoms. The molecule has 0 bridgehead atoms. The number of hydrogen-bond acceptors (Lipinski definition) is 0. The van der Waals surface area contributed by atoms with Gasteiger partial charge < -0.3 is 0 Å². The fraction of sp³-hybridized carbons (Fsp3) is 0.0588. The highest BCUT2D eigenvalue weighted by Gasteiger charge is 2.29. The summed E-state index contributed by atoms with van der Waals surface area (Å²) in [6, 6.07) is 9.67. The van der Waals surface area contributed by atoms with Gasteiger partial charge in [-0.1, -0.05) is 46.8 Å². The summed E-state index contributed by atoms with van der Waals surface area (Å²) in [4.78, 5) is 0. The van der Waals surface area contributed by atoms with Crippen molar-refractivity contribution in [3.8, 4) is 11.1 Å². The molecule has 0 unspecified atom stereocenters. The quantitative estimate of drug-likeness (QED) is 0.420. The van der Waals surface area contributed by atoms with E-state index in [0.29, 0.717) is 21.2 Å². The molecule has 0 aliphatic heterocycles. The second-order valence-electron chi connectivity index (χ2n) is 4.52. The monoisotopic (exact) mass is 370 g/mol. The van der Waals surface area contributed by atoms with E-state index >= 15 is 0 Å². The van der Waals surface area contributed by atoms with Crippen molar-refractivity contribution in [3.05, 3.63) is 76.8 Å². The lowest BCUT2D eigenvalue weighted by atomic mass is 10.0. The fourth-order valence-electron chi connectivity index (χ4n) is 1.93. The Bertz CT molecular complexity index is 712. The van der Waals surface area contributed by atoms with Crippen molar-refractivity contribution in [1.29, 1.82) is 0 Å². The van der Waals surface area contributed by atoms with Gasteiger partial charge in [0.15, 0.2) is 0 Å². The maximum absolute atomic E-state index is 13.9. The van der Waals surface area contributed by atoms with Crippen LogP contribution in [0.15, 0.2) is 65.7 Å². The highest BCUT2D eigenvalue weighted by atomic mass is 79.9. The van der Waals surface area contributed by atoms with E-state index in [-0.39, 0.29) is 0 Å². The van der Waals surface area contributed by atoms with E-state index in [1.54, 1.807) is 18.2 Å². The lowest BCUT2D eigenvalue weighted by molar-refractivity contribution is -0.137. The lowest BCUT2D eigenvalue weighted by Crippen LogP contribution is -2.03. The van der Waals surface area contributed by atoms with Crippen LogP contribution in [-0.2, 0) is 6.18 Å². The van der Waals surface area contributed by atoms with E-state index in [0.717, 1.165) is 12.1 Å². The first-order valence-corrected chi connectivity index (χ1v) is 7.08. The Morgan fingerprint density at radius 1 is 1.00 bits per heavy atom. The van der Waals surface area contributed by atoms with Gasteiger partial charge in [0.25, 0.3) is 0 Å². The summed E-state index contributed by atoms with van der Waals surface area (Å²) < 4.78 is 52.1. The molecule has 0 aliphatic carbocycles. The van der Waals surface area contributed by atoms with Crippen LogP contribution in [0, 0.1) is 0 Å². The average Bonchev–Trinajstić information content (AvgIpc) is 2.47. The van der Waals surface area contributed by atoms with E-state index in [4.69, 9.17) is 0 Å². The van der Waals surface area contributed by atoms with E-state index in [2.05, 4.69) is 22.5 Å². The number of alkyl halides is 3. The summed E-state index contributed by atoms with van der Waals surface area (Å²) in [6.07, 6.45) is -1.83. The highest BCUT2D eigenvalue weighted by molar-refractivity contribution is 9.10. The van der Waals surface area contributed by atoms with Gasteiger partial charge in [0.2, 0.25) is 0 Å². The number of rotatable bonds is 3. The van der Waals surface area contributed by atoms with Crippen LogP contribution in [0.3, 0.4) is 0 Å². The van der Waals surface area contributed by atoms with Crippen molar-refractivity contribution in [3.63, 3.8) is 0 Å². The van der Waals surface area contributed by atoms with Crippen LogP contribution in [-0.4, -0.2) is 0 Å². The maximum Gasteiger partial charge on any atom is 0.416 e. The lowest BCUT2D eigenvalue weighted by Gasteiger charge is -2.09. The summed E-state index contributed by atoms with van der Waals surface area (Å²) in [5.41, 5.74) is 0.802. The second-order valence-corrected chi connectivity index (χ2v) is 5.37. The van der Waals surface area contributed by atoms with Crippen LogP contribution in [0.1, 0.15) is 11.1 Å². The molecule has 2 rings (SSSR count). The number of allylic oxidation sites excluding steroid dienone is 2. The van der Waals surface area contributed by atoms with Crippen molar-refractivity contribution >= 4 is 21.8 Å². The normalized spacial score (nSPS) is 12.3. The Morgan fingerprint density at radius 3 is 2.14 bits per heavy atom. The molecule has 0 amide bonds. The van der Waals surface area contributed by atoms with Gasteiger partial charge in [0.05, 0.1) is 5.56 Å². The number of benzene rings is 2. The van der Waals surface area contributed by atoms with Gasteiger partial charge in [-0.15, -0.1) is 0 Å². The summed E-state index contributed by atoms with van der Waals surface area (Å²) in [5, 5.41) is 0. The maximum atomic E-state index is 13.9. The van der Waals surface area contributed by atoms with Crippen LogP contribution < -0.4 is 0 Å². The van der Waals surface area contributed by atoms with Crippen molar-refractivity contribution < 1.29 is 17.6 Å². The Morgan fingerprint density at radius 2 is 1.59 bits per heavy atom. The Hall–Kier alpha value is -1.88. The molecule has 22 heavy (non-hydrogen) atoms. The third-order valence-corrected chi connectivity index (χ3v) is 3.72. The summed E-state index contributed by atoms with van der Waals surface area (Å²) >= 11 is 3.25. The van der Waals surface area contributed by atoms with Crippen molar-refractivity contribution in [1.82, 2.24) is 0 Å². The van der Waals surface area contributed by atoms with Gasteiger partial charge in [-0.2, -0.15) is 13.2 Å². The molecule has 0 aromatic heterocycles. The molecule has 0 fully saturated rings. The van der Waals surface area contributed by atoms with Crippen LogP contribution in [0.5, 0.6) is 0 Å². The third-order valence-electron chi connectivity index (χ3n) is 3.03. The summed E-state index contributed by atoms with van der Waals surface area (Å²) in [5.74, 6) is -0.476. The smallest absolute Gasteiger partial charge is 0.206 e. The zero-order valence-corrected chi connectivity index (χ0v) is 12.9. The average molecular weight is 371 g/mol. The van der Waals surface area contributed by atoms with Gasteiger partial charge in [-0.25, -0.2) is 4.39 Å². The number of halogens is 5. The Kier molecular flexibility index (Phi) is 4.86. The minimum absolute atomic E-state index is 0.317. The molecule has 0 atom stereocenters. The topological polar surface area (TPSA) is 0 Å². The molecule has 0 radical (unpaired) electrons. The van der Waals surface area contributed by atoms with Crippen LogP contribution >= 0.6 is 15.9 Å². The predicted molar refractivity (Wildman–Crippen MR) is 83.9 cm³/mol. The molecule has 0 spiro atoms. The molecule has 2 aromatic carbocycles. The van der Waals surface area contributed by atoms with Gasteiger partial charge in [0.1, 0.15) is 5.83 Å². The summed E-state index contributed by atoms with van der Waals surface area (Å²) in [7, 11) is 0. The highest BCUT2D eigenvalue weighted by Crippen LogP contribution is 2.33. The first kappa shape index (κ1) is 16.5. The first-order chi connectivity index (χ1) is 10.3. The molecule has 0 N–H and O–H groups in total. The second kappa shape index (κ2) is 6.48. The summed E-state index contributed by atoms with van der Waals surface area (Å²) in [6.45, 7) is 3.43.